The van der Waals surface area contributed by atoms with Gasteiger partial charge in [0.15, 0.2) is 0 Å². The molecular weight excluding hydrogens is 181 g/mol. The molecule has 1 aromatic carbocycles. The van der Waals surface area contributed by atoms with E-state index in [9.17, 15) is 9.18 Å². The van der Waals surface area contributed by atoms with Gasteiger partial charge in [-0.25, -0.2) is 4.79 Å². The van der Waals surface area contributed by atoms with Crippen LogP contribution >= 0.6 is 11.6 Å². The summed E-state index contributed by atoms with van der Waals surface area (Å²) in [5.74, 6) is 0. The minimum absolute atomic E-state index is 0.181. The van der Waals surface area contributed by atoms with Gasteiger partial charge in [-0.1, -0.05) is 18.2 Å². The third kappa shape index (κ3) is 1.95. The Hall–Kier alpha value is -1.09. The molecule has 0 saturated heterocycles. The standard InChI is InChI=1S/C8H7ClFNO/c9-6-11(8(10)12)7-4-2-1-3-5-7/h1-5H,6H2. The van der Waals surface area contributed by atoms with Crippen LogP contribution in [0.5, 0.6) is 0 Å². The first-order valence-corrected chi connectivity index (χ1v) is 3.87. The SMILES string of the molecule is O=C(F)N(CCl)c1ccccc1. The molecule has 1 amide bonds. The monoisotopic (exact) mass is 187 g/mol. The van der Waals surface area contributed by atoms with E-state index in [2.05, 4.69) is 0 Å². The molecule has 0 atom stereocenters. The number of carbonyl (C=O) groups excluding carboxylic acids is 1. The van der Waals surface area contributed by atoms with Crippen molar-refractivity contribution < 1.29 is 9.18 Å². The summed E-state index contributed by atoms with van der Waals surface area (Å²) in [5.41, 5.74) is 0.458. The number of benzene rings is 1. The van der Waals surface area contributed by atoms with Gasteiger partial charge in [0.05, 0.1) is 0 Å². The normalized spacial score (nSPS) is 9.50. The molecule has 0 fully saturated rings. The number of halogens is 2. The molecule has 0 saturated carbocycles. The fourth-order valence-corrected chi connectivity index (χ4v) is 1.06. The smallest absolute Gasteiger partial charge is 0.270 e. The van der Waals surface area contributed by atoms with Crippen molar-refractivity contribution in [1.82, 2.24) is 0 Å². The molecular formula is C8H7ClFNO. The summed E-state index contributed by atoms with van der Waals surface area (Å²) in [5, 5.41) is 0. The van der Waals surface area contributed by atoms with E-state index in [4.69, 9.17) is 11.6 Å². The van der Waals surface area contributed by atoms with Crippen LogP contribution in [-0.2, 0) is 0 Å². The van der Waals surface area contributed by atoms with Crippen LogP contribution in [0.1, 0.15) is 0 Å². The highest BCUT2D eigenvalue weighted by Crippen LogP contribution is 2.14. The molecule has 1 rings (SSSR count). The topological polar surface area (TPSA) is 20.3 Å². The number of rotatable bonds is 2. The third-order valence-corrected chi connectivity index (χ3v) is 1.64. The summed E-state index contributed by atoms with van der Waals surface area (Å²) in [6, 6.07) is 8.23. The highest BCUT2D eigenvalue weighted by Gasteiger charge is 2.11. The summed E-state index contributed by atoms with van der Waals surface area (Å²) in [6.07, 6.45) is -1.55. The number of nitrogens with zero attached hydrogens (tertiary/aromatic N) is 1. The van der Waals surface area contributed by atoms with E-state index >= 15 is 0 Å². The van der Waals surface area contributed by atoms with Crippen LogP contribution in [0.2, 0.25) is 0 Å². The molecule has 0 spiro atoms. The first-order chi connectivity index (χ1) is 5.75. The zero-order valence-electron chi connectivity index (χ0n) is 6.21. The summed E-state index contributed by atoms with van der Waals surface area (Å²) >= 11 is 5.36. The second kappa shape index (κ2) is 4.07. The molecule has 2 nitrogen and oxygen atoms in total. The number of carbonyl (C=O) groups is 1. The maximum Gasteiger partial charge on any atom is 0.405 e. The van der Waals surface area contributed by atoms with Crippen molar-refractivity contribution >= 4 is 23.4 Å². The fraction of sp³-hybridized carbons (Fsp3) is 0.125. The van der Waals surface area contributed by atoms with Crippen LogP contribution in [0.25, 0.3) is 0 Å². The number of hydrogen-bond acceptors (Lipinski definition) is 1. The van der Waals surface area contributed by atoms with Gasteiger partial charge in [-0.05, 0) is 12.1 Å². The Bertz CT molecular complexity index is 265. The van der Waals surface area contributed by atoms with Crippen molar-refractivity contribution in [2.45, 2.75) is 0 Å². The highest BCUT2D eigenvalue weighted by molar-refractivity contribution is 6.21. The molecule has 0 unspecified atom stereocenters. The Labute approximate surface area is 74.6 Å². The van der Waals surface area contributed by atoms with E-state index in [1.807, 2.05) is 0 Å². The minimum Gasteiger partial charge on any atom is -0.270 e. The van der Waals surface area contributed by atoms with Gasteiger partial charge in [0.1, 0.15) is 6.00 Å². The van der Waals surface area contributed by atoms with Crippen molar-refractivity contribution in [3.8, 4) is 0 Å². The predicted octanol–water partition coefficient (Wildman–Crippen LogP) is 2.78. The van der Waals surface area contributed by atoms with Gasteiger partial charge in [-0.2, -0.15) is 0 Å². The lowest BCUT2D eigenvalue weighted by Crippen LogP contribution is -2.24. The molecule has 0 aliphatic rings. The number of alkyl halides is 1. The number of amides is 1. The second-order valence-corrected chi connectivity index (χ2v) is 2.38. The maximum absolute atomic E-state index is 12.3. The molecule has 0 aliphatic carbocycles. The van der Waals surface area contributed by atoms with Crippen molar-refractivity contribution in [2.24, 2.45) is 0 Å². The van der Waals surface area contributed by atoms with Gasteiger partial charge in [0, 0.05) is 5.69 Å². The third-order valence-electron chi connectivity index (χ3n) is 1.40. The average molecular weight is 188 g/mol. The zero-order valence-corrected chi connectivity index (χ0v) is 6.96. The lowest BCUT2D eigenvalue weighted by atomic mass is 10.3. The minimum atomic E-state index is -1.55. The Kier molecular flexibility index (Phi) is 3.05. The average Bonchev–Trinajstić information content (AvgIpc) is 2.07. The quantitative estimate of drug-likeness (QED) is 0.396. The van der Waals surface area contributed by atoms with E-state index < -0.39 is 6.16 Å². The Morgan fingerprint density at radius 3 is 2.42 bits per heavy atom. The molecule has 0 aromatic heterocycles. The van der Waals surface area contributed by atoms with Gasteiger partial charge >= 0.3 is 6.16 Å². The van der Waals surface area contributed by atoms with Gasteiger partial charge < -0.3 is 0 Å². The summed E-state index contributed by atoms with van der Waals surface area (Å²) < 4.78 is 12.3. The van der Waals surface area contributed by atoms with Crippen molar-refractivity contribution in [2.75, 3.05) is 10.9 Å². The number of anilines is 1. The molecule has 0 aliphatic heterocycles. The second-order valence-electron chi connectivity index (χ2n) is 2.14. The molecule has 0 bridgehead atoms. The highest BCUT2D eigenvalue weighted by atomic mass is 35.5. The molecule has 0 N–H and O–H groups in total. The van der Waals surface area contributed by atoms with Gasteiger partial charge in [-0.15, -0.1) is 16.0 Å². The van der Waals surface area contributed by atoms with Gasteiger partial charge in [0.25, 0.3) is 0 Å². The van der Waals surface area contributed by atoms with Crippen LogP contribution in [-0.4, -0.2) is 12.2 Å². The van der Waals surface area contributed by atoms with E-state index in [0.29, 0.717) is 5.69 Å². The van der Waals surface area contributed by atoms with Gasteiger partial charge in [-0.3, -0.25) is 4.90 Å². The van der Waals surface area contributed by atoms with Crippen molar-refractivity contribution in [3.05, 3.63) is 30.3 Å². The number of hydrogen-bond donors (Lipinski definition) is 0. The predicted molar refractivity (Wildman–Crippen MR) is 46.1 cm³/mol. The summed E-state index contributed by atoms with van der Waals surface area (Å²) in [4.78, 5) is 11.2. The van der Waals surface area contributed by atoms with Crippen LogP contribution in [0, 0.1) is 0 Å². The molecule has 64 valence electrons. The van der Waals surface area contributed by atoms with Crippen molar-refractivity contribution in [1.29, 1.82) is 0 Å². The van der Waals surface area contributed by atoms with Gasteiger partial charge in [0.2, 0.25) is 0 Å². The fourth-order valence-electron chi connectivity index (χ4n) is 0.825. The van der Waals surface area contributed by atoms with E-state index in [1.165, 1.54) is 0 Å². The van der Waals surface area contributed by atoms with E-state index in [-0.39, 0.29) is 6.00 Å². The first-order valence-electron chi connectivity index (χ1n) is 3.33. The molecule has 12 heavy (non-hydrogen) atoms. The molecule has 0 heterocycles. The lowest BCUT2D eigenvalue weighted by Gasteiger charge is -2.14. The van der Waals surface area contributed by atoms with E-state index in [1.54, 1.807) is 30.3 Å². The summed E-state index contributed by atoms with van der Waals surface area (Å²) in [6.45, 7) is 0. The van der Waals surface area contributed by atoms with Crippen LogP contribution < -0.4 is 4.90 Å². The number of para-hydroxylation sites is 1. The van der Waals surface area contributed by atoms with Crippen molar-refractivity contribution in [3.63, 3.8) is 0 Å². The van der Waals surface area contributed by atoms with Crippen LogP contribution in [0.4, 0.5) is 14.9 Å². The lowest BCUT2D eigenvalue weighted by molar-refractivity contribution is 0.229. The molecule has 1 aromatic rings. The maximum atomic E-state index is 12.3. The molecule has 4 heteroatoms. The molecule has 0 radical (unpaired) electrons. The summed E-state index contributed by atoms with van der Waals surface area (Å²) in [7, 11) is 0. The largest absolute Gasteiger partial charge is 0.405 e. The zero-order chi connectivity index (χ0) is 8.97. The first kappa shape index (κ1) is 9.00. The Balaban J connectivity index is 2.88. The van der Waals surface area contributed by atoms with Crippen LogP contribution in [0.15, 0.2) is 30.3 Å². The van der Waals surface area contributed by atoms with Crippen LogP contribution in [0.3, 0.4) is 0 Å². The Morgan fingerprint density at radius 2 is 2.00 bits per heavy atom. The Morgan fingerprint density at radius 1 is 1.42 bits per heavy atom. The van der Waals surface area contributed by atoms with E-state index in [0.717, 1.165) is 4.90 Å².